The summed E-state index contributed by atoms with van der Waals surface area (Å²) in [6.07, 6.45) is -0.309. The second-order valence-electron chi connectivity index (χ2n) is 3.32. The van der Waals surface area contributed by atoms with E-state index in [0.29, 0.717) is 0 Å². The van der Waals surface area contributed by atoms with Gasteiger partial charge in [-0.2, -0.15) is 13.2 Å². The minimum Gasteiger partial charge on any atom is -0.294 e. The van der Waals surface area contributed by atoms with Crippen LogP contribution in [0.25, 0.3) is 0 Å². The van der Waals surface area contributed by atoms with Crippen LogP contribution in [-0.4, -0.2) is 17.7 Å². The van der Waals surface area contributed by atoms with Crippen LogP contribution >= 0.6 is 11.6 Å². The van der Waals surface area contributed by atoms with E-state index in [-0.39, 0.29) is 10.7 Å². The zero-order chi connectivity index (χ0) is 11.9. The molecule has 1 unspecified atom stereocenters. The molecule has 0 fully saturated rings. The number of ketones is 1. The summed E-state index contributed by atoms with van der Waals surface area (Å²) in [7, 11) is 0. The first kappa shape index (κ1) is 11.1. The lowest BCUT2D eigenvalue weighted by molar-refractivity contribution is -0.115. The van der Waals surface area contributed by atoms with Crippen LogP contribution in [0.1, 0.15) is 0 Å². The van der Waals surface area contributed by atoms with E-state index in [1.807, 2.05) is 0 Å². The number of aliphatic imine (C=N–C) groups is 1. The normalized spacial score (nSPS) is 24.6. The first-order chi connectivity index (χ1) is 7.39. The van der Waals surface area contributed by atoms with Gasteiger partial charge in [0.05, 0.1) is 17.2 Å². The molecule has 0 bridgehead atoms. The van der Waals surface area contributed by atoms with Crippen molar-refractivity contribution >= 4 is 23.1 Å². The van der Waals surface area contributed by atoms with Crippen LogP contribution < -0.4 is 0 Å². The molecule has 2 nitrogen and oxygen atoms in total. The Morgan fingerprint density at radius 3 is 2.69 bits per heavy atom. The van der Waals surface area contributed by atoms with Crippen molar-refractivity contribution < 1.29 is 18.0 Å². The van der Waals surface area contributed by atoms with Crippen LogP contribution in [0, 0.1) is 5.92 Å². The van der Waals surface area contributed by atoms with Gasteiger partial charge in [-0.05, 0) is 12.2 Å². The van der Waals surface area contributed by atoms with Crippen LogP contribution in [0.4, 0.5) is 13.2 Å². The van der Waals surface area contributed by atoms with Gasteiger partial charge in [0.15, 0.2) is 5.78 Å². The molecule has 0 aromatic heterocycles. The summed E-state index contributed by atoms with van der Waals surface area (Å²) in [5.41, 5.74) is -1.24. The van der Waals surface area contributed by atoms with E-state index in [0.717, 1.165) is 18.4 Å². The van der Waals surface area contributed by atoms with Crippen LogP contribution in [0.3, 0.4) is 0 Å². The highest BCUT2D eigenvalue weighted by molar-refractivity contribution is 6.34. The predicted octanol–water partition coefficient (Wildman–Crippen LogP) is 2.77. The summed E-state index contributed by atoms with van der Waals surface area (Å²) in [5.74, 6) is -1.46. The van der Waals surface area contributed by atoms with Crippen molar-refractivity contribution in [2.75, 3.05) is 0 Å². The Morgan fingerprint density at radius 1 is 1.38 bits per heavy atom. The van der Waals surface area contributed by atoms with E-state index >= 15 is 0 Å². The van der Waals surface area contributed by atoms with Gasteiger partial charge in [-0.3, -0.25) is 9.79 Å². The van der Waals surface area contributed by atoms with Crippen LogP contribution in [0.5, 0.6) is 0 Å². The second kappa shape index (κ2) is 3.59. The van der Waals surface area contributed by atoms with Crippen LogP contribution in [0.2, 0.25) is 0 Å². The molecule has 84 valence electrons. The van der Waals surface area contributed by atoms with Crippen molar-refractivity contribution in [1.29, 1.82) is 0 Å². The fraction of sp³-hybridized carbons (Fsp3) is 0.200. The summed E-state index contributed by atoms with van der Waals surface area (Å²) < 4.78 is 37.9. The lowest BCUT2D eigenvalue weighted by atomic mass is 9.86. The lowest BCUT2D eigenvalue weighted by Crippen LogP contribution is -2.33. The number of alkyl halides is 3. The summed E-state index contributed by atoms with van der Waals surface area (Å²) in [4.78, 5) is 15.0. The quantitative estimate of drug-likeness (QED) is 0.647. The number of hydrogen-bond donors (Lipinski definition) is 0. The molecule has 0 aromatic carbocycles. The van der Waals surface area contributed by atoms with Gasteiger partial charge in [-0.1, -0.05) is 11.6 Å². The molecular weight excluding hydrogens is 243 g/mol. The van der Waals surface area contributed by atoms with Crippen molar-refractivity contribution in [3.63, 3.8) is 0 Å². The number of carbonyl (C=O) groups is 1. The maximum absolute atomic E-state index is 12.6. The van der Waals surface area contributed by atoms with Gasteiger partial charge in [0.1, 0.15) is 0 Å². The number of carbonyl (C=O) groups excluding carboxylic acids is 1. The molecule has 1 aliphatic heterocycles. The number of fused-ring (bicyclic) bond motifs is 1. The van der Waals surface area contributed by atoms with Crippen molar-refractivity contribution in [3.05, 3.63) is 35.0 Å². The molecule has 0 saturated heterocycles. The maximum Gasteiger partial charge on any atom is 0.418 e. The smallest absolute Gasteiger partial charge is 0.294 e. The third-order valence-corrected chi connectivity index (χ3v) is 2.48. The highest BCUT2D eigenvalue weighted by atomic mass is 35.5. The zero-order valence-corrected chi connectivity index (χ0v) is 8.51. The van der Waals surface area contributed by atoms with Crippen LogP contribution in [0.15, 0.2) is 40.0 Å². The monoisotopic (exact) mass is 247 g/mol. The number of rotatable bonds is 0. The predicted molar refractivity (Wildman–Crippen MR) is 53.1 cm³/mol. The van der Waals surface area contributed by atoms with Gasteiger partial charge in [0.25, 0.3) is 0 Å². The molecule has 0 saturated carbocycles. The summed E-state index contributed by atoms with van der Waals surface area (Å²) in [6.45, 7) is 0. The fourth-order valence-electron chi connectivity index (χ4n) is 1.55. The van der Waals surface area contributed by atoms with Gasteiger partial charge in [0, 0.05) is 17.3 Å². The largest absolute Gasteiger partial charge is 0.418 e. The molecule has 0 aromatic rings. The zero-order valence-electron chi connectivity index (χ0n) is 7.75. The highest BCUT2D eigenvalue weighted by Gasteiger charge is 2.42. The van der Waals surface area contributed by atoms with E-state index in [1.54, 1.807) is 0 Å². The average Bonchev–Trinajstić information content (AvgIpc) is 2.17. The molecule has 0 N–H and O–H groups in total. The minimum absolute atomic E-state index is 0.0973. The Kier molecular flexibility index (Phi) is 2.50. The topological polar surface area (TPSA) is 29.4 Å². The lowest BCUT2D eigenvalue weighted by Gasteiger charge is -2.23. The Balaban J connectivity index is 2.54. The van der Waals surface area contributed by atoms with Gasteiger partial charge in [0.2, 0.25) is 0 Å². The molecule has 16 heavy (non-hydrogen) atoms. The molecule has 2 rings (SSSR count). The van der Waals surface area contributed by atoms with E-state index in [1.165, 1.54) is 6.08 Å². The van der Waals surface area contributed by atoms with Crippen LogP contribution in [-0.2, 0) is 4.79 Å². The Bertz CT molecular complexity index is 471. The highest BCUT2D eigenvalue weighted by Crippen LogP contribution is 2.35. The van der Waals surface area contributed by atoms with E-state index in [2.05, 4.69) is 4.99 Å². The van der Waals surface area contributed by atoms with Crippen molar-refractivity contribution in [2.24, 2.45) is 10.9 Å². The molecule has 1 aliphatic carbocycles. The van der Waals surface area contributed by atoms with Gasteiger partial charge in [-0.25, -0.2) is 0 Å². The number of halogens is 4. The summed E-state index contributed by atoms with van der Waals surface area (Å²) >= 11 is 5.56. The fourth-order valence-corrected chi connectivity index (χ4v) is 1.79. The molecular formula is C10H5ClF3NO. The van der Waals surface area contributed by atoms with E-state index < -0.39 is 23.5 Å². The molecule has 0 radical (unpaired) electrons. The summed E-state index contributed by atoms with van der Waals surface area (Å²) in [6, 6.07) is 0. The first-order valence-corrected chi connectivity index (χ1v) is 4.72. The molecule has 6 heteroatoms. The van der Waals surface area contributed by atoms with E-state index in [9.17, 15) is 18.0 Å². The van der Waals surface area contributed by atoms with Crippen molar-refractivity contribution in [3.8, 4) is 0 Å². The Morgan fingerprint density at radius 2 is 2.06 bits per heavy atom. The number of hydrogen-bond acceptors (Lipinski definition) is 2. The third kappa shape index (κ3) is 1.82. The van der Waals surface area contributed by atoms with Gasteiger partial charge in [-0.15, -0.1) is 0 Å². The minimum atomic E-state index is -4.56. The Hall–Kier alpha value is -1.36. The molecule has 0 amide bonds. The second-order valence-corrected chi connectivity index (χ2v) is 3.75. The molecule has 2 aliphatic rings. The number of allylic oxidation sites excluding steroid dienone is 5. The third-order valence-electron chi connectivity index (χ3n) is 2.24. The Labute approximate surface area is 93.8 Å². The molecule has 1 heterocycles. The first-order valence-electron chi connectivity index (χ1n) is 4.34. The van der Waals surface area contributed by atoms with E-state index in [4.69, 9.17) is 11.6 Å². The van der Waals surface area contributed by atoms with Crippen molar-refractivity contribution in [1.82, 2.24) is 0 Å². The standard InChI is InChI=1S/C10H5ClF3NO/c11-5-3-6-8(16)1-2-15-9(6)7(4-5)10(12,13)14/h1-4,6H. The molecule has 1 atom stereocenters. The van der Waals surface area contributed by atoms with Crippen molar-refractivity contribution in [2.45, 2.75) is 6.18 Å². The van der Waals surface area contributed by atoms with Gasteiger partial charge >= 0.3 is 6.18 Å². The number of nitrogens with zero attached hydrogens (tertiary/aromatic N) is 1. The summed E-state index contributed by atoms with van der Waals surface area (Å²) in [5, 5.41) is -0.0973. The van der Waals surface area contributed by atoms with Gasteiger partial charge < -0.3 is 0 Å². The maximum atomic E-state index is 12.6. The average molecular weight is 248 g/mol. The molecule has 0 spiro atoms. The SMILES string of the molecule is O=C1C=CN=C2C(C(F)(F)F)=CC(Cl)=CC12.